The van der Waals surface area contributed by atoms with Crippen LogP contribution in [0.4, 0.5) is 0 Å². The highest BCUT2D eigenvalue weighted by Crippen LogP contribution is 2.36. The largest absolute Gasteiger partial charge is 0.344 e. The molecule has 3 N–H and O–H groups in total. The Bertz CT molecular complexity index is 1130. The molecule has 0 amide bonds. The lowest BCUT2D eigenvalue weighted by atomic mass is 9.73. The SMILES string of the molecule is CCCCCCCCCCCCc1ccccc1C(C)(C)c1ccccc1C(=O)C(=O)c1ccccc1.N. The lowest BCUT2D eigenvalue weighted by Crippen LogP contribution is -2.26. The molecule has 3 heteroatoms. The van der Waals surface area contributed by atoms with E-state index in [9.17, 15) is 9.59 Å². The number of carbonyl (C=O) groups excluding carboxylic acids is 2. The summed E-state index contributed by atoms with van der Waals surface area (Å²) in [7, 11) is 0. The number of carbonyl (C=O) groups is 2. The van der Waals surface area contributed by atoms with Crippen molar-refractivity contribution in [3.63, 3.8) is 0 Å². The smallest absolute Gasteiger partial charge is 0.233 e. The van der Waals surface area contributed by atoms with E-state index in [0.717, 1.165) is 12.0 Å². The van der Waals surface area contributed by atoms with Crippen LogP contribution in [0.1, 0.15) is 122 Å². The minimum atomic E-state index is -0.456. The Morgan fingerprint density at radius 1 is 0.579 bits per heavy atom. The highest BCUT2D eigenvalue weighted by atomic mass is 16.2. The highest BCUT2D eigenvalue weighted by molar-refractivity contribution is 6.49. The topological polar surface area (TPSA) is 69.1 Å². The summed E-state index contributed by atoms with van der Waals surface area (Å²) in [6.07, 6.45) is 14.3. The van der Waals surface area contributed by atoms with E-state index in [4.69, 9.17) is 0 Å². The van der Waals surface area contributed by atoms with Crippen LogP contribution in [-0.4, -0.2) is 11.6 Å². The summed E-state index contributed by atoms with van der Waals surface area (Å²) in [6.45, 7) is 6.61. The van der Waals surface area contributed by atoms with Gasteiger partial charge in [0.1, 0.15) is 0 Å². The maximum Gasteiger partial charge on any atom is 0.233 e. The fourth-order valence-corrected chi connectivity index (χ4v) is 5.37. The van der Waals surface area contributed by atoms with Crippen LogP contribution >= 0.6 is 0 Å². The number of hydrogen-bond acceptors (Lipinski definition) is 3. The van der Waals surface area contributed by atoms with Crippen molar-refractivity contribution in [1.82, 2.24) is 6.15 Å². The van der Waals surface area contributed by atoms with E-state index in [1.54, 1.807) is 30.3 Å². The third-order valence-electron chi connectivity index (χ3n) is 7.58. The maximum atomic E-state index is 13.4. The summed E-state index contributed by atoms with van der Waals surface area (Å²) in [5, 5.41) is 0. The Morgan fingerprint density at radius 3 is 1.71 bits per heavy atom. The Labute approximate surface area is 230 Å². The molecule has 0 saturated heterocycles. The van der Waals surface area contributed by atoms with Gasteiger partial charge in [0.2, 0.25) is 11.6 Å². The summed E-state index contributed by atoms with van der Waals surface area (Å²) < 4.78 is 0. The van der Waals surface area contributed by atoms with Gasteiger partial charge in [0.15, 0.2) is 0 Å². The van der Waals surface area contributed by atoms with Gasteiger partial charge < -0.3 is 6.15 Å². The quantitative estimate of drug-likeness (QED) is 0.118. The number of Topliss-reactive ketones (excluding diaryl/α,β-unsaturated/α-hetero) is 2. The summed E-state index contributed by atoms with van der Waals surface area (Å²) in [5.74, 6) is -0.899. The molecule has 0 aliphatic rings. The molecule has 204 valence electrons. The van der Waals surface area contributed by atoms with Crippen LogP contribution < -0.4 is 6.15 Å². The zero-order valence-electron chi connectivity index (χ0n) is 23.8. The second kappa shape index (κ2) is 16.0. The molecule has 0 aromatic heterocycles. The second-order valence-electron chi connectivity index (χ2n) is 10.8. The Morgan fingerprint density at radius 2 is 1.08 bits per heavy atom. The molecule has 0 saturated carbocycles. The minimum Gasteiger partial charge on any atom is -0.344 e. The van der Waals surface area contributed by atoms with Gasteiger partial charge in [-0.25, -0.2) is 0 Å². The first-order valence-electron chi connectivity index (χ1n) is 14.3. The lowest BCUT2D eigenvalue weighted by molar-refractivity contribution is 0.0816. The number of unbranched alkanes of at least 4 members (excludes halogenated alkanes) is 9. The fourth-order valence-electron chi connectivity index (χ4n) is 5.37. The van der Waals surface area contributed by atoms with Crippen LogP contribution in [0.3, 0.4) is 0 Å². The van der Waals surface area contributed by atoms with E-state index in [-0.39, 0.29) is 6.15 Å². The molecule has 3 nitrogen and oxygen atoms in total. The molecule has 0 unspecified atom stereocenters. The molecule has 3 rings (SSSR count). The lowest BCUT2D eigenvalue weighted by Gasteiger charge is -2.30. The second-order valence-corrected chi connectivity index (χ2v) is 10.8. The van der Waals surface area contributed by atoms with E-state index < -0.39 is 17.0 Å². The Kier molecular flexibility index (Phi) is 13.2. The number of benzene rings is 3. The normalized spacial score (nSPS) is 11.1. The van der Waals surface area contributed by atoms with Gasteiger partial charge in [0.05, 0.1) is 0 Å². The summed E-state index contributed by atoms with van der Waals surface area (Å²) in [4.78, 5) is 26.3. The molecule has 38 heavy (non-hydrogen) atoms. The number of hydrogen-bond donors (Lipinski definition) is 1. The first-order valence-corrected chi connectivity index (χ1v) is 14.3. The average molecular weight is 514 g/mol. The fraction of sp³-hybridized carbons (Fsp3) is 0.429. The van der Waals surface area contributed by atoms with Crippen molar-refractivity contribution in [2.24, 2.45) is 0 Å². The number of aryl methyl sites for hydroxylation is 1. The summed E-state index contributed by atoms with van der Waals surface area (Å²) in [6, 6.07) is 25.1. The van der Waals surface area contributed by atoms with Gasteiger partial charge in [-0.3, -0.25) is 9.59 Å². The summed E-state index contributed by atoms with van der Waals surface area (Å²) >= 11 is 0. The summed E-state index contributed by atoms with van der Waals surface area (Å²) in [5.41, 5.74) is 4.00. The van der Waals surface area contributed by atoms with Crippen molar-refractivity contribution in [2.45, 2.75) is 96.8 Å². The zero-order chi connectivity index (χ0) is 26.5. The molecule has 0 radical (unpaired) electrons. The molecule has 3 aromatic carbocycles. The van der Waals surface area contributed by atoms with Crippen molar-refractivity contribution < 1.29 is 9.59 Å². The van der Waals surface area contributed by atoms with Crippen molar-refractivity contribution in [1.29, 1.82) is 0 Å². The third-order valence-corrected chi connectivity index (χ3v) is 7.58. The first kappa shape index (κ1) is 31.2. The van der Waals surface area contributed by atoms with Crippen molar-refractivity contribution >= 4 is 11.6 Å². The van der Waals surface area contributed by atoms with Crippen molar-refractivity contribution in [3.8, 4) is 0 Å². The van der Waals surface area contributed by atoms with Crippen molar-refractivity contribution in [2.75, 3.05) is 0 Å². The molecule has 0 bridgehead atoms. The van der Waals surface area contributed by atoms with Crippen LogP contribution in [0.25, 0.3) is 0 Å². The number of ketones is 2. The molecule has 0 aliphatic carbocycles. The van der Waals surface area contributed by atoms with E-state index in [1.165, 1.54) is 75.3 Å². The Balaban J connectivity index is 0.00000507. The van der Waals surface area contributed by atoms with Crippen LogP contribution in [-0.2, 0) is 11.8 Å². The van der Waals surface area contributed by atoms with E-state index in [1.807, 2.05) is 24.3 Å². The van der Waals surface area contributed by atoms with Crippen LogP contribution in [0.5, 0.6) is 0 Å². The first-order chi connectivity index (χ1) is 18.0. The van der Waals surface area contributed by atoms with Gasteiger partial charge in [-0.05, 0) is 29.5 Å². The van der Waals surface area contributed by atoms with Crippen LogP contribution in [0.15, 0.2) is 78.9 Å². The maximum absolute atomic E-state index is 13.4. The van der Waals surface area contributed by atoms with E-state index in [0.29, 0.717) is 11.1 Å². The standard InChI is InChI=1S/C35H44O2.H3N/c1-4-5-6-7-8-9-10-11-12-14-21-28-22-17-19-26-31(28)35(2,3)32-27-20-18-25-30(32)34(37)33(36)29-23-15-13-16-24-29;/h13,15-20,22-27H,4-12,14,21H2,1-3H3;1H3. The predicted molar refractivity (Wildman–Crippen MR) is 161 cm³/mol. The van der Waals surface area contributed by atoms with Gasteiger partial charge in [0, 0.05) is 16.5 Å². The highest BCUT2D eigenvalue weighted by Gasteiger charge is 2.31. The van der Waals surface area contributed by atoms with Crippen molar-refractivity contribution in [3.05, 3.63) is 107 Å². The van der Waals surface area contributed by atoms with Gasteiger partial charge in [-0.15, -0.1) is 0 Å². The predicted octanol–water partition coefficient (Wildman–Crippen LogP) is 9.70. The molecule has 3 aromatic rings. The van der Waals surface area contributed by atoms with Crippen LogP contribution in [0.2, 0.25) is 0 Å². The average Bonchev–Trinajstić information content (AvgIpc) is 2.94. The third kappa shape index (κ3) is 8.49. The van der Waals surface area contributed by atoms with Gasteiger partial charge >= 0.3 is 0 Å². The molecule has 0 spiro atoms. The van der Waals surface area contributed by atoms with Crippen LogP contribution in [0, 0.1) is 0 Å². The van der Waals surface area contributed by atoms with E-state index >= 15 is 0 Å². The molecule has 0 fully saturated rings. The Hall–Kier alpha value is -3.04. The zero-order valence-corrected chi connectivity index (χ0v) is 23.8. The van der Waals surface area contributed by atoms with Gasteiger partial charge in [0.25, 0.3) is 0 Å². The minimum absolute atomic E-state index is 0. The molecule has 0 aliphatic heterocycles. The molecule has 0 atom stereocenters. The number of rotatable bonds is 16. The van der Waals surface area contributed by atoms with Gasteiger partial charge in [-0.2, -0.15) is 0 Å². The molecular formula is C35H47NO2. The monoisotopic (exact) mass is 513 g/mol. The molecule has 0 heterocycles. The van der Waals surface area contributed by atoms with Gasteiger partial charge in [-0.1, -0.05) is 157 Å². The molecular weight excluding hydrogens is 466 g/mol. The van der Waals surface area contributed by atoms with E-state index in [2.05, 4.69) is 45.0 Å².